The van der Waals surface area contributed by atoms with Crippen molar-refractivity contribution in [1.82, 2.24) is 5.32 Å². The van der Waals surface area contributed by atoms with Crippen molar-refractivity contribution in [3.63, 3.8) is 0 Å². The Labute approximate surface area is 139 Å². The number of thiophene rings is 1. The molecule has 0 saturated heterocycles. The van der Waals surface area contributed by atoms with Gasteiger partial charge in [0.15, 0.2) is 0 Å². The molecule has 23 heavy (non-hydrogen) atoms. The van der Waals surface area contributed by atoms with Crippen molar-refractivity contribution in [1.29, 1.82) is 5.26 Å². The van der Waals surface area contributed by atoms with Crippen LogP contribution < -0.4 is 5.32 Å². The maximum absolute atomic E-state index is 11.7. The number of carbonyl (C=O) groups is 2. The Balaban J connectivity index is 2.99. The summed E-state index contributed by atoms with van der Waals surface area (Å²) in [6, 6.07) is 5.36. The van der Waals surface area contributed by atoms with Gasteiger partial charge in [-0.25, -0.2) is 9.59 Å². The van der Waals surface area contributed by atoms with Crippen LogP contribution in [0.2, 0.25) is 0 Å². The van der Waals surface area contributed by atoms with E-state index in [-0.39, 0.29) is 12.2 Å². The Bertz CT molecular complexity index is 668. The lowest BCUT2D eigenvalue weighted by Gasteiger charge is -2.04. The summed E-state index contributed by atoms with van der Waals surface area (Å²) in [5, 5.41) is 11.8. The fourth-order valence-corrected chi connectivity index (χ4v) is 2.49. The van der Waals surface area contributed by atoms with Gasteiger partial charge < -0.3 is 14.8 Å². The lowest BCUT2D eigenvalue weighted by molar-refractivity contribution is -0.139. The van der Waals surface area contributed by atoms with E-state index in [1.165, 1.54) is 17.4 Å². The molecule has 0 fully saturated rings. The van der Waals surface area contributed by atoms with E-state index in [9.17, 15) is 9.59 Å². The molecule has 0 radical (unpaired) electrons. The van der Waals surface area contributed by atoms with E-state index in [1.807, 2.05) is 6.07 Å². The largest absolute Gasteiger partial charge is 0.462 e. The third kappa shape index (κ3) is 5.60. The second-order valence-electron chi connectivity index (χ2n) is 4.16. The third-order valence-electron chi connectivity index (χ3n) is 2.60. The van der Waals surface area contributed by atoms with Crippen molar-refractivity contribution in [2.24, 2.45) is 0 Å². The van der Waals surface area contributed by atoms with E-state index in [2.05, 4.69) is 5.32 Å². The molecule has 1 rings (SSSR count). The van der Waals surface area contributed by atoms with Crippen molar-refractivity contribution in [2.45, 2.75) is 13.8 Å². The van der Waals surface area contributed by atoms with Crippen LogP contribution in [0.4, 0.5) is 0 Å². The normalized spacial score (nSPS) is 11.6. The number of ether oxygens (including phenoxy) is 2. The van der Waals surface area contributed by atoms with Gasteiger partial charge in [0.1, 0.15) is 17.3 Å². The summed E-state index contributed by atoms with van der Waals surface area (Å²) >= 11 is 1.33. The lowest BCUT2D eigenvalue weighted by atomic mass is 10.2. The number of hydrogen-bond donors (Lipinski definition) is 1. The molecule has 1 heterocycles. The van der Waals surface area contributed by atoms with Crippen LogP contribution in [0.1, 0.15) is 23.6 Å². The summed E-state index contributed by atoms with van der Waals surface area (Å²) in [4.78, 5) is 24.8. The molecular weight excluding hydrogens is 316 g/mol. The molecule has 1 aromatic rings. The SMILES string of the molecule is CCOC(=O)/C(=C/c1ccc(/C=C(\C#N)C(=O)OCC)s1)NC. The van der Waals surface area contributed by atoms with Gasteiger partial charge in [-0.2, -0.15) is 5.26 Å². The Morgan fingerprint density at radius 1 is 1.17 bits per heavy atom. The van der Waals surface area contributed by atoms with Gasteiger partial charge in [0.05, 0.1) is 13.2 Å². The Morgan fingerprint density at radius 3 is 2.26 bits per heavy atom. The average Bonchev–Trinajstić information content (AvgIpc) is 2.97. The molecule has 0 spiro atoms. The first-order valence-electron chi connectivity index (χ1n) is 7.01. The predicted octanol–water partition coefficient (Wildman–Crippen LogP) is 2.34. The summed E-state index contributed by atoms with van der Waals surface area (Å²) in [6.45, 7) is 3.91. The molecule has 0 aromatic carbocycles. The summed E-state index contributed by atoms with van der Waals surface area (Å²) in [5.74, 6) is -1.09. The van der Waals surface area contributed by atoms with Crippen LogP contribution >= 0.6 is 11.3 Å². The Morgan fingerprint density at radius 2 is 1.74 bits per heavy atom. The smallest absolute Gasteiger partial charge is 0.354 e. The highest BCUT2D eigenvalue weighted by atomic mass is 32.1. The van der Waals surface area contributed by atoms with E-state index in [0.29, 0.717) is 17.2 Å². The monoisotopic (exact) mass is 334 g/mol. The number of nitriles is 1. The molecule has 0 saturated carbocycles. The summed E-state index contributed by atoms with van der Waals surface area (Å²) < 4.78 is 9.74. The van der Waals surface area contributed by atoms with Gasteiger partial charge >= 0.3 is 11.9 Å². The standard InChI is InChI=1S/C16H18N2O4S/c1-4-21-15(19)11(10-17)8-12-6-7-13(23-12)9-14(18-3)16(20)22-5-2/h6-9,18H,4-5H2,1-3H3/b11-8+,14-9-. The maximum Gasteiger partial charge on any atom is 0.354 e. The molecule has 0 amide bonds. The van der Waals surface area contributed by atoms with Crippen molar-refractivity contribution in [3.05, 3.63) is 33.2 Å². The molecule has 6 nitrogen and oxygen atoms in total. The molecule has 0 atom stereocenters. The van der Waals surface area contributed by atoms with E-state index < -0.39 is 11.9 Å². The molecule has 1 aromatic heterocycles. The van der Waals surface area contributed by atoms with Crippen LogP contribution in [-0.2, 0) is 19.1 Å². The first-order chi connectivity index (χ1) is 11.0. The Hall–Kier alpha value is -2.59. The molecule has 0 aliphatic carbocycles. The maximum atomic E-state index is 11.7. The Kier molecular flexibility index (Phi) is 7.57. The first kappa shape index (κ1) is 18.5. The lowest BCUT2D eigenvalue weighted by Crippen LogP contribution is -2.18. The van der Waals surface area contributed by atoms with Gasteiger partial charge in [-0.3, -0.25) is 0 Å². The first-order valence-corrected chi connectivity index (χ1v) is 7.82. The average molecular weight is 334 g/mol. The number of nitrogens with one attached hydrogen (secondary N) is 1. The molecule has 0 unspecified atom stereocenters. The van der Waals surface area contributed by atoms with E-state index in [4.69, 9.17) is 14.7 Å². The zero-order valence-electron chi connectivity index (χ0n) is 13.2. The minimum atomic E-state index is -0.650. The number of nitrogens with zero attached hydrogens (tertiary/aromatic N) is 1. The number of likely N-dealkylation sites (N-methyl/N-ethyl adjacent to an activating group) is 1. The third-order valence-corrected chi connectivity index (χ3v) is 3.58. The molecule has 122 valence electrons. The minimum absolute atomic E-state index is 0.0662. The fourth-order valence-electron chi connectivity index (χ4n) is 1.60. The van der Waals surface area contributed by atoms with E-state index in [1.54, 1.807) is 39.1 Å². The van der Waals surface area contributed by atoms with Crippen molar-refractivity contribution < 1.29 is 19.1 Å². The molecule has 1 N–H and O–H groups in total. The number of carbonyl (C=O) groups excluding carboxylic acids is 2. The van der Waals surface area contributed by atoms with Crippen molar-refractivity contribution in [3.8, 4) is 6.07 Å². The zero-order valence-corrected chi connectivity index (χ0v) is 14.0. The number of rotatable bonds is 7. The second kappa shape index (κ2) is 9.43. The van der Waals surface area contributed by atoms with Gasteiger partial charge in [0, 0.05) is 16.8 Å². The van der Waals surface area contributed by atoms with Crippen LogP contribution in [0.3, 0.4) is 0 Å². The van der Waals surface area contributed by atoms with Crippen LogP contribution in [0.15, 0.2) is 23.4 Å². The highest BCUT2D eigenvalue weighted by Gasteiger charge is 2.12. The van der Waals surface area contributed by atoms with Gasteiger partial charge in [0.25, 0.3) is 0 Å². The quantitative estimate of drug-likeness (QED) is 0.468. The van der Waals surface area contributed by atoms with Gasteiger partial charge in [0.2, 0.25) is 0 Å². The van der Waals surface area contributed by atoms with E-state index in [0.717, 1.165) is 4.88 Å². The van der Waals surface area contributed by atoms with Crippen LogP contribution in [0, 0.1) is 11.3 Å². The molecule has 0 aliphatic rings. The summed E-state index contributed by atoms with van der Waals surface area (Å²) in [5.41, 5.74) is 0.263. The summed E-state index contributed by atoms with van der Waals surface area (Å²) in [7, 11) is 1.63. The fraction of sp³-hybridized carbons (Fsp3) is 0.312. The highest BCUT2D eigenvalue weighted by Crippen LogP contribution is 2.22. The highest BCUT2D eigenvalue weighted by molar-refractivity contribution is 7.13. The predicted molar refractivity (Wildman–Crippen MR) is 88.2 cm³/mol. The van der Waals surface area contributed by atoms with E-state index >= 15 is 0 Å². The molecular formula is C16H18N2O4S. The minimum Gasteiger partial charge on any atom is -0.462 e. The van der Waals surface area contributed by atoms with Gasteiger partial charge in [-0.05, 0) is 38.1 Å². The van der Waals surface area contributed by atoms with Gasteiger partial charge in [-0.15, -0.1) is 11.3 Å². The van der Waals surface area contributed by atoms with Crippen molar-refractivity contribution >= 4 is 35.4 Å². The molecule has 0 aliphatic heterocycles. The second-order valence-corrected chi connectivity index (χ2v) is 5.31. The van der Waals surface area contributed by atoms with Crippen LogP contribution in [0.25, 0.3) is 12.2 Å². The number of hydrogen-bond acceptors (Lipinski definition) is 7. The molecule has 7 heteroatoms. The van der Waals surface area contributed by atoms with Crippen LogP contribution in [0.5, 0.6) is 0 Å². The van der Waals surface area contributed by atoms with Gasteiger partial charge in [-0.1, -0.05) is 0 Å². The molecule has 0 bridgehead atoms. The summed E-state index contributed by atoms with van der Waals surface area (Å²) in [6.07, 6.45) is 3.11. The van der Waals surface area contributed by atoms with Crippen molar-refractivity contribution in [2.75, 3.05) is 20.3 Å². The van der Waals surface area contributed by atoms with Crippen LogP contribution in [-0.4, -0.2) is 32.2 Å². The topological polar surface area (TPSA) is 88.4 Å². The number of esters is 2. The zero-order chi connectivity index (χ0) is 17.2.